The van der Waals surface area contributed by atoms with Crippen molar-refractivity contribution < 1.29 is 23.8 Å². The Hall–Kier alpha value is -2.54. The Labute approximate surface area is 140 Å². The van der Waals surface area contributed by atoms with E-state index in [1.54, 1.807) is 19.2 Å². The van der Waals surface area contributed by atoms with E-state index in [0.717, 1.165) is 5.56 Å². The van der Waals surface area contributed by atoms with Crippen LogP contribution in [0.3, 0.4) is 0 Å². The third kappa shape index (κ3) is 2.94. The second-order valence-electron chi connectivity index (χ2n) is 5.44. The minimum atomic E-state index is -0.517. The van der Waals surface area contributed by atoms with Crippen LogP contribution in [0.4, 0.5) is 4.79 Å². The maximum atomic E-state index is 12.5. The van der Waals surface area contributed by atoms with Gasteiger partial charge in [0.15, 0.2) is 0 Å². The quantitative estimate of drug-likeness (QED) is 0.632. The molecule has 2 aliphatic rings. The number of cyclic esters (lactones) is 1. The molecule has 2 aliphatic heterocycles. The number of carbonyl (C=O) groups excluding carboxylic acids is 2. The van der Waals surface area contributed by atoms with Crippen molar-refractivity contribution in [2.24, 2.45) is 0 Å². The summed E-state index contributed by atoms with van der Waals surface area (Å²) in [7, 11) is 1.59. The van der Waals surface area contributed by atoms with Gasteiger partial charge < -0.3 is 19.5 Å². The molecule has 0 aliphatic carbocycles. The average Bonchev–Trinajstić information content (AvgIpc) is 2.98. The van der Waals surface area contributed by atoms with Crippen LogP contribution < -0.4 is 10.1 Å². The molecule has 1 aromatic carbocycles. The van der Waals surface area contributed by atoms with Crippen LogP contribution in [0.25, 0.3) is 0 Å². The van der Waals surface area contributed by atoms with Crippen LogP contribution in [0.1, 0.15) is 18.5 Å². The van der Waals surface area contributed by atoms with Crippen molar-refractivity contribution in [1.29, 1.82) is 0 Å². The molecule has 0 fully saturated rings. The number of esters is 1. The molecule has 0 bridgehead atoms. The Morgan fingerprint density at radius 1 is 1.29 bits per heavy atom. The summed E-state index contributed by atoms with van der Waals surface area (Å²) in [6, 6.07) is 6.47. The molecule has 0 spiro atoms. The molecular weight excluding hydrogens is 312 g/mol. The Balaban J connectivity index is 1.91. The van der Waals surface area contributed by atoms with Gasteiger partial charge >= 0.3 is 12.0 Å². The number of benzene rings is 1. The molecule has 7 heteroatoms. The zero-order valence-electron chi connectivity index (χ0n) is 13.7. The van der Waals surface area contributed by atoms with E-state index in [2.05, 4.69) is 5.32 Å². The molecule has 2 heterocycles. The summed E-state index contributed by atoms with van der Waals surface area (Å²) in [6.45, 7) is 3.36. The zero-order chi connectivity index (χ0) is 17.1. The highest BCUT2D eigenvalue weighted by Gasteiger charge is 2.41. The van der Waals surface area contributed by atoms with Crippen molar-refractivity contribution in [1.82, 2.24) is 10.2 Å². The number of methoxy groups -OCH3 is 1. The van der Waals surface area contributed by atoms with E-state index >= 15 is 0 Å². The molecule has 1 aromatic rings. The number of hydrogen-bond donors (Lipinski definition) is 1. The lowest BCUT2D eigenvalue weighted by molar-refractivity contribution is -0.136. The number of nitrogens with zero attached hydrogens (tertiary/aromatic N) is 1. The van der Waals surface area contributed by atoms with Gasteiger partial charge in [0.2, 0.25) is 0 Å². The maximum absolute atomic E-state index is 12.5. The number of carbonyl (C=O) groups is 2. The molecule has 1 N–H and O–H groups in total. The second-order valence-corrected chi connectivity index (χ2v) is 5.44. The van der Waals surface area contributed by atoms with E-state index in [1.807, 2.05) is 19.1 Å². The summed E-state index contributed by atoms with van der Waals surface area (Å²) in [5.41, 5.74) is 1.90. The Kier molecular flexibility index (Phi) is 4.71. The Morgan fingerprint density at radius 3 is 2.71 bits per heavy atom. The lowest BCUT2D eigenvalue weighted by Gasteiger charge is -2.32. The highest BCUT2D eigenvalue weighted by molar-refractivity contribution is 5.97. The van der Waals surface area contributed by atoms with E-state index in [9.17, 15) is 9.59 Å². The summed E-state index contributed by atoms with van der Waals surface area (Å²) < 4.78 is 15.6. The van der Waals surface area contributed by atoms with Crippen molar-refractivity contribution >= 4 is 12.0 Å². The smallest absolute Gasteiger partial charge is 0.338 e. The van der Waals surface area contributed by atoms with Crippen molar-refractivity contribution in [2.45, 2.75) is 13.0 Å². The second kappa shape index (κ2) is 6.92. The molecule has 0 saturated heterocycles. The van der Waals surface area contributed by atoms with Gasteiger partial charge in [-0.05, 0) is 24.6 Å². The highest BCUT2D eigenvalue weighted by atomic mass is 16.5. The maximum Gasteiger partial charge on any atom is 0.338 e. The first-order chi connectivity index (χ1) is 11.7. The van der Waals surface area contributed by atoms with Gasteiger partial charge in [-0.15, -0.1) is 0 Å². The molecule has 0 saturated carbocycles. The van der Waals surface area contributed by atoms with Gasteiger partial charge in [-0.2, -0.15) is 0 Å². The molecular formula is C17H20N2O5. The molecule has 128 valence electrons. The van der Waals surface area contributed by atoms with Crippen molar-refractivity contribution in [3.63, 3.8) is 0 Å². The number of urea groups is 1. The predicted molar refractivity (Wildman–Crippen MR) is 85.5 cm³/mol. The third-order valence-electron chi connectivity index (χ3n) is 4.11. The fourth-order valence-electron chi connectivity index (χ4n) is 2.89. The number of amides is 2. The van der Waals surface area contributed by atoms with Crippen LogP contribution in [0.15, 0.2) is 35.5 Å². The van der Waals surface area contributed by atoms with E-state index in [0.29, 0.717) is 36.8 Å². The van der Waals surface area contributed by atoms with Gasteiger partial charge in [-0.25, -0.2) is 9.59 Å². The topological polar surface area (TPSA) is 77.1 Å². The van der Waals surface area contributed by atoms with Crippen LogP contribution in [-0.4, -0.2) is 50.4 Å². The largest absolute Gasteiger partial charge is 0.497 e. The monoisotopic (exact) mass is 332 g/mol. The summed E-state index contributed by atoms with van der Waals surface area (Å²) in [5.74, 6) is 0.314. The van der Waals surface area contributed by atoms with Gasteiger partial charge in [-0.1, -0.05) is 12.1 Å². The first kappa shape index (κ1) is 16.3. The van der Waals surface area contributed by atoms with E-state index in [1.165, 1.54) is 4.90 Å². The van der Waals surface area contributed by atoms with Gasteiger partial charge in [-0.3, -0.25) is 4.90 Å². The lowest BCUT2D eigenvalue weighted by Crippen LogP contribution is -2.48. The molecule has 1 atom stereocenters. The molecule has 24 heavy (non-hydrogen) atoms. The number of rotatable bonds is 6. The van der Waals surface area contributed by atoms with Crippen LogP contribution in [-0.2, 0) is 14.3 Å². The molecule has 2 amide bonds. The molecule has 3 rings (SSSR count). The fourth-order valence-corrected chi connectivity index (χ4v) is 2.89. The Bertz CT molecular complexity index is 668. The van der Waals surface area contributed by atoms with Gasteiger partial charge in [0, 0.05) is 6.61 Å². The molecule has 0 radical (unpaired) electrons. The minimum Gasteiger partial charge on any atom is -0.497 e. The summed E-state index contributed by atoms with van der Waals surface area (Å²) in [4.78, 5) is 26.2. The first-order valence-corrected chi connectivity index (χ1v) is 7.85. The number of nitrogens with one attached hydrogen (secondary N) is 1. The minimum absolute atomic E-state index is 0.111. The first-order valence-electron chi connectivity index (χ1n) is 7.85. The van der Waals surface area contributed by atoms with Crippen molar-refractivity contribution in [2.75, 3.05) is 33.5 Å². The van der Waals surface area contributed by atoms with Crippen molar-refractivity contribution in [3.05, 3.63) is 41.1 Å². The lowest BCUT2D eigenvalue weighted by atomic mass is 9.95. The summed E-state index contributed by atoms with van der Waals surface area (Å²) >= 11 is 0. The van der Waals surface area contributed by atoms with Gasteiger partial charge in [0.05, 0.1) is 37.6 Å². The zero-order valence-corrected chi connectivity index (χ0v) is 13.7. The summed E-state index contributed by atoms with van der Waals surface area (Å²) in [5, 5.41) is 2.88. The molecule has 1 unspecified atom stereocenters. The van der Waals surface area contributed by atoms with E-state index in [-0.39, 0.29) is 12.6 Å². The Morgan fingerprint density at radius 2 is 2.04 bits per heavy atom. The third-order valence-corrected chi connectivity index (χ3v) is 4.11. The van der Waals surface area contributed by atoms with Crippen molar-refractivity contribution in [3.8, 4) is 5.75 Å². The van der Waals surface area contributed by atoms with Crippen LogP contribution in [0.2, 0.25) is 0 Å². The SMILES string of the molecule is CCOCCN1C(=O)NC(c2ccc(OC)cc2)C2=C1COC2=O. The molecule has 7 nitrogen and oxygen atoms in total. The van der Waals surface area contributed by atoms with Crippen LogP contribution in [0, 0.1) is 0 Å². The average molecular weight is 332 g/mol. The number of hydrogen-bond acceptors (Lipinski definition) is 5. The normalized spacial score (nSPS) is 19.9. The number of ether oxygens (including phenoxy) is 3. The standard InChI is InChI=1S/C17H20N2O5/c1-3-23-9-8-19-13-10-24-16(20)14(13)15(18-17(19)21)11-4-6-12(22-2)7-5-11/h4-7,15H,3,8-10H2,1-2H3,(H,18,21). The van der Waals surface area contributed by atoms with Gasteiger partial charge in [0.25, 0.3) is 0 Å². The van der Waals surface area contributed by atoms with E-state index < -0.39 is 12.0 Å². The molecule has 0 aromatic heterocycles. The highest BCUT2D eigenvalue weighted by Crippen LogP contribution is 2.35. The van der Waals surface area contributed by atoms with Crippen LogP contribution in [0.5, 0.6) is 5.75 Å². The summed E-state index contributed by atoms with van der Waals surface area (Å²) in [6.07, 6.45) is 0. The van der Waals surface area contributed by atoms with Gasteiger partial charge in [0.1, 0.15) is 12.4 Å². The van der Waals surface area contributed by atoms with E-state index in [4.69, 9.17) is 14.2 Å². The predicted octanol–water partition coefficient (Wildman–Crippen LogP) is 1.61. The van der Waals surface area contributed by atoms with Crippen LogP contribution >= 0.6 is 0 Å². The fraction of sp³-hybridized carbons (Fsp3) is 0.412.